The summed E-state index contributed by atoms with van der Waals surface area (Å²) in [6, 6.07) is 8.86. The molecule has 0 saturated heterocycles. The number of carbonyl (C=O) groups excluding carboxylic acids is 2. The number of esters is 1. The van der Waals surface area contributed by atoms with Crippen LogP contribution >= 0.6 is 11.8 Å². The minimum absolute atomic E-state index is 0.0339. The predicted molar refractivity (Wildman–Crippen MR) is 92.6 cm³/mol. The zero-order valence-electron chi connectivity index (χ0n) is 13.5. The summed E-state index contributed by atoms with van der Waals surface area (Å²) in [6.07, 6.45) is 2.18. The maximum absolute atomic E-state index is 12.2. The van der Waals surface area contributed by atoms with Crippen molar-refractivity contribution in [2.75, 3.05) is 11.6 Å². The monoisotopic (exact) mass is 361 g/mol. The second-order valence-electron chi connectivity index (χ2n) is 4.87. The first-order valence-electron chi connectivity index (χ1n) is 7.18. The van der Waals surface area contributed by atoms with Crippen molar-refractivity contribution in [3.8, 4) is 0 Å². The summed E-state index contributed by atoms with van der Waals surface area (Å²) >= 11 is 1.28. The molecule has 25 heavy (non-hydrogen) atoms. The van der Waals surface area contributed by atoms with E-state index in [1.165, 1.54) is 36.9 Å². The molecule has 0 aliphatic carbocycles. The standard InChI is InChI=1S/C16H15N3O5S/c1-10(24-16(21)11-6-5-9-17-15(11)25-2)14(20)18-12-7-3-4-8-13(12)19(22)23/h3-10H,1-2H3,(H,18,20). The van der Waals surface area contributed by atoms with Crippen LogP contribution in [0.15, 0.2) is 47.6 Å². The van der Waals surface area contributed by atoms with Gasteiger partial charge in [-0.3, -0.25) is 14.9 Å². The van der Waals surface area contributed by atoms with E-state index in [-0.39, 0.29) is 16.9 Å². The maximum atomic E-state index is 12.2. The van der Waals surface area contributed by atoms with Crippen molar-refractivity contribution in [1.82, 2.24) is 4.98 Å². The molecular formula is C16H15N3O5S. The van der Waals surface area contributed by atoms with Crippen molar-refractivity contribution in [2.45, 2.75) is 18.1 Å². The van der Waals surface area contributed by atoms with Crippen molar-refractivity contribution in [2.24, 2.45) is 0 Å². The molecule has 8 nitrogen and oxygen atoms in total. The van der Waals surface area contributed by atoms with Crippen LogP contribution in [0, 0.1) is 10.1 Å². The Kier molecular flexibility index (Phi) is 6.07. The minimum Gasteiger partial charge on any atom is -0.449 e. The van der Waals surface area contributed by atoms with Gasteiger partial charge in [-0.05, 0) is 31.4 Å². The Balaban J connectivity index is 2.08. The van der Waals surface area contributed by atoms with E-state index in [0.717, 1.165) is 0 Å². The third kappa shape index (κ3) is 4.54. The lowest BCUT2D eigenvalue weighted by molar-refractivity contribution is -0.383. The number of amides is 1. The van der Waals surface area contributed by atoms with Crippen LogP contribution in [0.25, 0.3) is 0 Å². The van der Waals surface area contributed by atoms with Gasteiger partial charge in [-0.15, -0.1) is 11.8 Å². The van der Waals surface area contributed by atoms with E-state index in [9.17, 15) is 19.7 Å². The predicted octanol–water partition coefficient (Wildman–Crippen LogP) is 2.90. The quantitative estimate of drug-likeness (QED) is 0.364. The van der Waals surface area contributed by atoms with Crippen LogP contribution in [-0.2, 0) is 9.53 Å². The Hall–Kier alpha value is -2.94. The van der Waals surface area contributed by atoms with E-state index in [1.807, 2.05) is 0 Å². The van der Waals surface area contributed by atoms with Gasteiger partial charge in [0.15, 0.2) is 6.10 Å². The van der Waals surface area contributed by atoms with Crippen molar-refractivity contribution in [3.63, 3.8) is 0 Å². The third-order valence-electron chi connectivity index (χ3n) is 3.20. The molecule has 0 aliphatic rings. The van der Waals surface area contributed by atoms with Gasteiger partial charge in [-0.25, -0.2) is 9.78 Å². The molecule has 0 aliphatic heterocycles. The molecule has 1 amide bonds. The van der Waals surface area contributed by atoms with E-state index in [0.29, 0.717) is 5.03 Å². The second kappa shape index (κ2) is 8.25. The number of carbonyl (C=O) groups is 2. The molecule has 2 aromatic rings. The summed E-state index contributed by atoms with van der Waals surface area (Å²) in [5, 5.41) is 13.8. The normalized spacial score (nSPS) is 11.4. The highest BCUT2D eigenvalue weighted by Gasteiger charge is 2.23. The molecule has 1 unspecified atom stereocenters. The van der Waals surface area contributed by atoms with Gasteiger partial charge in [0.1, 0.15) is 10.7 Å². The molecule has 0 spiro atoms. The van der Waals surface area contributed by atoms with Gasteiger partial charge in [-0.2, -0.15) is 0 Å². The van der Waals surface area contributed by atoms with Gasteiger partial charge in [0.25, 0.3) is 11.6 Å². The number of anilines is 1. The van der Waals surface area contributed by atoms with Crippen molar-refractivity contribution >= 4 is 35.0 Å². The van der Waals surface area contributed by atoms with Crippen molar-refractivity contribution in [1.29, 1.82) is 0 Å². The number of thioether (sulfide) groups is 1. The molecule has 1 atom stereocenters. The van der Waals surface area contributed by atoms with Gasteiger partial charge < -0.3 is 10.1 Å². The van der Waals surface area contributed by atoms with Gasteiger partial charge in [-0.1, -0.05) is 12.1 Å². The zero-order valence-corrected chi connectivity index (χ0v) is 14.3. The second-order valence-corrected chi connectivity index (χ2v) is 5.67. The molecule has 1 N–H and O–H groups in total. The third-order valence-corrected chi connectivity index (χ3v) is 3.91. The molecule has 0 bridgehead atoms. The average Bonchev–Trinajstić information content (AvgIpc) is 2.61. The molecular weight excluding hydrogens is 346 g/mol. The van der Waals surface area contributed by atoms with Gasteiger partial charge in [0.05, 0.1) is 10.5 Å². The van der Waals surface area contributed by atoms with Crippen molar-refractivity contribution in [3.05, 3.63) is 58.3 Å². The molecule has 1 aromatic heterocycles. The highest BCUT2D eigenvalue weighted by Crippen LogP contribution is 2.24. The van der Waals surface area contributed by atoms with E-state index in [2.05, 4.69) is 10.3 Å². The lowest BCUT2D eigenvalue weighted by atomic mass is 10.2. The molecule has 1 aromatic carbocycles. The van der Waals surface area contributed by atoms with Crippen LogP contribution in [0.5, 0.6) is 0 Å². The summed E-state index contributed by atoms with van der Waals surface area (Å²) in [6.45, 7) is 1.39. The SMILES string of the molecule is CSc1ncccc1C(=O)OC(C)C(=O)Nc1ccccc1[N+](=O)[O-]. The van der Waals surface area contributed by atoms with E-state index in [4.69, 9.17) is 4.74 Å². The fraction of sp³-hybridized carbons (Fsp3) is 0.188. The maximum Gasteiger partial charge on any atom is 0.341 e. The van der Waals surface area contributed by atoms with Crippen LogP contribution in [0.2, 0.25) is 0 Å². The molecule has 0 radical (unpaired) electrons. The van der Waals surface area contributed by atoms with Crippen LogP contribution < -0.4 is 5.32 Å². The van der Waals surface area contributed by atoms with Crippen LogP contribution in [0.3, 0.4) is 0 Å². The summed E-state index contributed by atoms with van der Waals surface area (Å²) in [4.78, 5) is 38.8. The summed E-state index contributed by atoms with van der Waals surface area (Å²) in [5.41, 5.74) is 0.0400. The summed E-state index contributed by atoms with van der Waals surface area (Å²) in [7, 11) is 0. The molecule has 0 saturated carbocycles. The highest BCUT2D eigenvalue weighted by molar-refractivity contribution is 7.98. The number of nitrogens with zero attached hydrogens (tertiary/aromatic N) is 2. The Morgan fingerprint density at radius 1 is 1.28 bits per heavy atom. The van der Waals surface area contributed by atoms with E-state index >= 15 is 0 Å². The fourth-order valence-corrected chi connectivity index (χ4v) is 2.50. The Bertz CT molecular complexity index is 812. The number of hydrogen-bond acceptors (Lipinski definition) is 7. The van der Waals surface area contributed by atoms with E-state index in [1.54, 1.807) is 30.7 Å². The van der Waals surface area contributed by atoms with Crippen molar-refractivity contribution < 1.29 is 19.2 Å². The average molecular weight is 361 g/mol. The van der Waals surface area contributed by atoms with Gasteiger partial charge in [0.2, 0.25) is 0 Å². The van der Waals surface area contributed by atoms with Crippen LogP contribution in [-0.4, -0.2) is 34.1 Å². The van der Waals surface area contributed by atoms with E-state index < -0.39 is 22.9 Å². The highest BCUT2D eigenvalue weighted by atomic mass is 32.2. The number of rotatable bonds is 6. The number of para-hydroxylation sites is 2. The Labute approximate surface area is 147 Å². The lowest BCUT2D eigenvalue weighted by Crippen LogP contribution is -2.30. The number of aromatic nitrogens is 1. The number of ether oxygens (including phenoxy) is 1. The number of nitro groups is 1. The van der Waals surface area contributed by atoms with Gasteiger partial charge in [0, 0.05) is 12.3 Å². The summed E-state index contributed by atoms with van der Waals surface area (Å²) < 4.78 is 5.14. The van der Waals surface area contributed by atoms with Crippen LogP contribution in [0.1, 0.15) is 17.3 Å². The fourth-order valence-electron chi connectivity index (χ4n) is 1.96. The number of hydrogen-bond donors (Lipinski definition) is 1. The lowest BCUT2D eigenvalue weighted by Gasteiger charge is -2.14. The molecule has 9 heteroatoms. The number of nitro benzene ring substituents is 1. The molecule has 130 valence electrons. The first kappa shape index (κ1) is 18.4. The first-order chi connectivity index (χ1) is 11.9. The molecule has 0 fully saturated rings. The minimum atomic E-state index is -1.14. The zero-order chi connectivity index (χ0) is 18.4. The molecule has 2 rings (SSSR count). The van der Waals surface area contributed by atoms with Crippen LogP contribution in [0.4, 0.5) is 11.4 Å². The Morgan fingerprint density at radius 2 is 2.00 bits per heavy atom. The largest absolute Gasteiger partial charge is 0.449 e. The Morgan fingerprint density at radius 3 is 2.68 bits per heavy atom. The first-order valence-corrected chi connectivity index (χ1v) is 8.40. The van der Waals surface area contributed by atoms with Gasteiger partial charge >= 0.3 is 5.97 Å². The smallest absolute Gasteiger partial charge is 0.341 e. The topological polar surface area (TPSA) is 111 Å². The molecule has 1 heterocycles. The summed E-state index contributed by atoms with van der Waals surface area (Å²) in [5.74, 6) is -1.36. The number of nitrogens with one attached hydrogen (secondary N) is 1. The number of pyridine rings is 1. The number of benzene rings is 1.